The van der Waals surface area contributed by atoms with E-state index in [-0.39, 0.29) is 0 Å². The van der Waals surface area contributed by atoms with Crippen LogP contribution in [-0.4, -0.2) is 30.0 Å². The van der Waals surface area contributed by atoms with E-state index in [0.717, 1.165) is 34.5 Å². The highest BCUT2D eigenvalue weighted by Crippen LogP contribution is 2.32. The van der Waals surface area contributed by atoms with Crippen LogP contribution in [-0.2, 0) is 13.1 Å². The van der Waals surface area contributed by atoms with Crippen molar-refractivity contribution >= 4 is 17.3 Å². The molecule has 1 fully saturated rings. The highest BCUT2D eigenvalue weighted by molar-refractivity contribution is 7.80. The minimum Gasteiger partial charge on any atom is -0.497 e. The van der Waals surface area contributed by atoms with Gasteiger partial charge in [0.05, 0.1) is 7.11 Å². The van der Waals surface area contributed by atoms with Gasteiger partial charge in [0.2, 0.25) is 6.79 Å². The fourth-order valence-corrected chi connectivity index (χ4v) is 3.30. The van der Waals surface area contributed by atoms with Gasteiger partial charge in [-0.3, -0.25) is 0 Å². The second-order valence-corrected chi connectivity index (χ2v) is 6.94. The third-order valence-electron chi connectivity index (χ3n) is 4.64. The number of fused-ring (bicyclic) bond motifs is 1. The summed E-state index contributed by atoms with van der Waals surface area (Å²) in [4.78, 5) is 2.28. The van der Waals surface area contributed by atoms with Gasteiger partial charge in [0, 0.05) is 19.1 Å². The number of nitrogens with zero attached hydrogens (tertiary/aromatic N) is 1. The summed E-state index contributed by atoms with van der Waals surface area (Å²) in [5, 5.41) is 4.18. The van der Waals surface area contributed by atoms with E-state index >= 15 is 0 Å². The summed E-state index contributed by atoms with van der Waals surface area (Å²) in [6.07, 6.45) is 2.39. The first-order valence-corrected chi connectivity index (χ1v) is 9.19. The van der Waals surface area contributed by atoms with Crippen molar-refractivity contribution < 1.29 is 14.2 Å². The first-order chi connectivity index (χ1) is 12.7. The van der Waals surface area contributed by atoms with Gasteiger partial charge in [-0.05, 0) is 60.5 Å². The lowest BCUT2D eigenvalue weighted by Gasteiger charge is -2.26. The predicted octanol–water partition coefficient (Wildman–Crippen LogP) is 3.46. The maximum atomic E-state index is 5.67. The van der Waals surface area contributed by atoms with Crippen molar-refractivity contribution in [3.63, 3.8) is 0 Å². The Morgan fingerprint density at radius 3 is 2.58 bits per heavy atom. The molecule has 0 spiro atoms. The Kier molecular flexibility index (Phi) is 4.84. The lowest BCUT2D eigenvalue weighted by molar-refractivity contribution is 0.174. The van der Waals surface area contributed by atoms with Gasteiger partial charge in [-0.25, -0.2) is 0 Å². The molecule has 5 nitrogen and oxygen atoms in total. The monoisotopic (exact) mass is 370 g/mol. The van der Waals surface area contributed by atoms with Crippen LogP contribution in [0.4, 0.5) is 0 Å². The first-order valence-electron chi connectivity index (χ1n) is 8.79. The molecule has 2 aromatic rings. The molecule has 2 aliphatic rings. The maximum Gasteiger partial charge on any atom is 0.231 e. The molecule has 2 aromatic carbocycles. The van der Waals surface area contributed by atoms with Crippen molar-refractivity contribution in [3.05, 3.63) is 53.6 Å². The molecule has 0 aromatic heterocycles. The molecule has 0 bridgehead atoms. The van der Waals surface area contributed by atoms with E-state index in [1.54, 1.807) is 7.11 Å². The van der Waals surface area contributed by atoms with Crippen molar-refractivity contribution in [2.45, 2.75) is 32.0 Å². The third-order valence-corrected chi connectivity index (χ3v) is 5.02. The second-order valence-electron chi connectivity index (χ2n) is 6.55. The Hall–Kier alpha value is -2.47. The maximum absolute atomic E-state index is 5.67. The van der Waals surface area contributed by atoms with Crippen LogP contribution >= 0.6 is 12.2 Å². The standard InChI is InChI=1S/C20H22N2O3S/c1-23-17-7-2-14(3-8-17)12-22(16-5-6-16)20(26)21-11-15-4-9-18-19(10-15)25-13-24-18/h2-4,7-10,16H,5-6,11-13H2,1H3,(H,21,26). The van der Waals surface area contributed by atoms with E-state index in [1.807, 2.05) is 30.3 Å². The smallest absolute Gasteiger partial charge is 0.231 e. The Labute approximate surface area is 158 Å². The summed E-state index contributed by atoms with van der Waals surface area (Å²) in [6, 6.07) is 14.7. The summed E-state index contributed by atoms with van der Waals surface area (Å²) >= 11 is 5.67. The van der Waals surface area contributed by atoms with Gasteiger partial charge in [-0.2, -0.15) is 0 Å². The van der Waals surface area contributed by atoms with E-state index in [4.69, 9.17) is 26.4 Å². The minimum atomic E-state index is 0.294. The molecule has 1 saturated carbocycles. The van der Waals surface area contributed by atoms with E-state index in [2.05, 4.69) is 22.3 Å². The van der Waals surface area contributed by atoms with Gasteiger partial charge in [0.15, 0.2) is 16.6 Å². The quantitative estimate of drug-likeness (QED) is 0.786. The van der Waals surface area contributed by atoms with Crippen LogP contribution in [0.1, 0.15) is 24.0 Å². The normalized spacial score (nSPS) is 14.8. The molecule has 1 N–H and O–H groups in total. The zero-order chi connectivity index (χ0) is 17.9. The van der Waals surface area contributed by atoms with Gasteiger partial charge in [0.1, 0.15) is 5.75 Å². The van der Waals surface area contributed by atoms with Gasteiger partial charge >= 0.3 is 0 Å². The summed E-state index contributed by atoms with van der Waals surface area (Å²) in [5.74, 6) is 2.47. The summed E-state index contributed by atoms with van der Waals surface area (Å²) in [6.45, 7) is 1.77. The van der Waals surface area contributed by atoms with E-state index in [9.17, 15) is 0 Å². The van der Waals surface area contributed by atoms with Gasteiger partial charge in [-0.1, -0.05) is 18.2 Å². The van der Waals surface area contributed by atoms with E-state index < -0.39 is 0 Å². The molecule has 1 aliphatic carbocycles. The molecule has 136 valence electrons. The number of methoxy groups -OCH3 is 1. The summed E-state index contributed by atoms with van der Waals surface area (Å²) in [7, 11) is 1.68. The van der Waals surface area contributed by atoms with Crippen molar-refractivity contribution in [1.82, 2.24) is 10.2 Å². The Balaban J connectivity index is 1.37. The Bertz CT molecular complexity index is 790. The fraction of sp³-hybridized carbons (Fsp3) is 0.350. The summed E-state index contributed by atoms with van der Waals surface area (Å²) in [5.41, 5.74) is 2.35. The lowest BCUT2D eigenvalue weighted by Crippen LogP contribution is -2.40. The van der Waals surface area contributed by atoms with E-state index in [0.29, 0.717) is 19.4 Å². The SMILES string of the molecule is COc1ccc(CN(C(=S)NCc2ccc3c(c2)OCO3)C2CC2)cc1. The molecule has 1 aliphatic heterocycles. The number of thiocarbonyl (C=S) groups is 1. The number of hydrogen-bond donors (Lipinski definition) is 1. The van der Waals surface area contributed by atoms with Crippen LogP contribution in [0.5, 0.6) is 17.2 Å². The molecule has 0 radical (unpaired) electrons. The number of hydrogen-bond acceptors (Lipinski definition) is 4. The number of ether oxygens (including phenoxy) is 3. The molecule has 1 heterocycles. The first kappa shape index (κ1) is 17.0. The van der Waals surface area contributed by atoms with Crippen molar-refractivity contribution in [1.29, 1.82) is 0 Å². The molecule has 0 atom stereocenters. The van der Waals surface area contributed by atoms with Crippen LogP contribution in [0, 0.1) is 0 Å². The molecule has 0 amide bonds. The zero-order valence-electron chi connectivity index (χ0n) is 14.7. The number of benzene rings is 2. The lowest BCUT2D eigenvalue weighted by atomic mass is 10.2. The molecule has 6 heteroatoms. The number of rotatable bonds is 6. The Morgan fingerprint density at radius 1 is 1.12 bits per heavy atom. The van der Waals surface area contributed by atoms with Crippen LogP contribution in [0.25, 0.3) is 0 Å². The largest absolute Gasteiger partial charge is 0.497 e. The number of nitrogens with one attached hydrogen (secondary N) is 1. The zero-order valence-corrected chi connectivity index (χ0v) is 15.6. The van der Waals surface area contributed by atoms with Gasteiger partial charge in [0.25, 0.3) is 0 Å². The molecule has 4 rings (SSSR count). The van der Waals surface area contributed by atoms with Crippen molar-refractivity contribution in [2.75, 3.05) is 13.9 Å². The topological polar surface area (TPSA) is 43.0 Å². The van der Waals surface area contributed by atoms with Crippen molar-refractivity contribution in [2.24, 2.45) is 0 Å². The van der Waals surface area contributed by atoms with Crippen LogP contribution in [0.15, 0.2) is 42.5 Å². The molecule has 0 saturated heterocycles. The second kappa shape index (κ2) is 7.41. The van der Waals surface area contributed by atoms with Crippen LogP contribution in [0.2, 0.25) is 0 Å². The predicted molar refractivity (Wildman–Crippen MR) is 104 cm³/mol. The van der Waals surface area contributed by atoms with Crippen LogP contribution < -0.4 is 19.5 Å². The molecular formula is C20H22N2O3S. The third kappa shape index (κ3) is 3.85. The minimum absolute atomic E-state index is 0.294. The fourth-order valence-electron chi connectivity index (χ4n) is 3.01. The Morgan fingerprint density at radius 2 is 1.85 bits per heavy atom. The average molecular weight is 370 g/mol. The molecule has 0 unspecified atom stereocenters. The van der Waals surface area contributed by atoms with E-state index in [1.165, 1.54) is 18.4 Å². The van der Waals surface area contributed by atoms with Crippen molar-refractivity contribution in [3.8, 4) is 17.2 Å². The highest BCUT2D eigenvalue weighted by Gasteiger charge is 2.30. The average Bonchev–Trinajstić information content (AvgIpc) is 3.41. The summed E-state index contributed by atoms with van der Waals surface area (Å²) < 4.78 is 16.0. The van der Waals surface area contributed by atoms with Gasteiger partial charge in [-0.15, -0.1) is 0 Å². The van der Waals surface area contributed by atoms with Gasteiger partial charge < -0.3 is 24.4 Å². The molecular weight excluding hydrogens is 348 g/mol. The van der Waals surface area contributed by atoms with Crippen LogP contribution in [0.3, 0.4) is 0 Å². The molecule has 26 heavy (non-hydrogen) atoms. The highest BCUT2D eigenvalue weighted by atomic mass is 32.1.